The molecule has 0 N–H and O–H groups in total. The maximum atomic E-state index is 11.3. The number of ketones is 1. The Bertz CT molecular complexity index is 143. The van der Waals surface area contributed by atoms with E-state index >= 15 is 0 Å². The average Bonchev–Trinajstić information content (AvgIpc) is 2.65. The highest BCUT2D eigenvalue weighted by atomic mass is 16.1. The van der Waals surface area contributed by atoms with Crippen molar-refractivity contribution in [3.63, 3.8) is 0 Å². The Morgan fingerprint density at radius 2 is 2.00 bits per heavy atom. The second-order valence-corrected chi connectivity index (χ2v) is 3.59. The normalized spacial score (nSPS) is 21.2. The molecule has 1 aliphatic rings. The molecule has 58 valence electrons. The smallest absolute Gasteiger partial charge is 0.139 e. The molecule has 10 heavy (non-hydrogen) atoms. The van der Waals surface area contributed by atoms with Gasteiger partial charge in [-0.05, 0) is 18.8 Å². The van der Waals surface area contributed by atoms with Crippen molar-refractivity contribution in [1.82, 2.24) is 0 Å². The van der Waals surface area contributed by atoms with E-state index < -0.39 is 0 Å². The molecule has 0 aromatic rings. The highest BCUT2D eigenvalue weighted by molar-refractivity contribution is 5.87. The molecule has 1 rings (SSSR count). The molecule has 0 atom stereocenters. The van der Waals surface area contributed by atoms with Crippen LogP contribution < -0.4 is 0 Å². The summed E-state index contributed by atoms with van der Waals surface area (Å²) in [5, 5.41) is 0. The van der Waals surface area contributed by atoms with Gasteiger partial charge in [0, 0.05) is 11.8 Å². The molecule has 1 saturated carbocycles. The van der Waals surface area contributed by atoms with Crippen LogP contribution in [0.4, 0.5) is 0 Å². The number of carbonyl (C=O) groups excluding carboxylic acids is 1. The molecule has 0 unspecified atom stereocenters. The highest BCUT2D eigenvalue weighted by Gasteiger charge is 2.50. The summed E-state index contributed by atoms with van der Waals surface area (Å²) in [6.45, 7) is 6.27. The molecule has 0 aromatic carbocycles. The lowest BCUT2D eigenvalue weighted by atomic mass is 9.87. The van der Waals surface area contributed by atoms with E-state index in [0.717, 1.165) is 19.3 Å². The second kappa shape index (κ2) is 2.37. The molecule has 0 bridgehead atoms. The van der Waals surface area contributed by atoms with Crippen molar-refractivity contribution in [3.05, 3.63) is 0 Å². The zero-order valence-electron chi connectivity index (χ0n) is 7.11. The predicted molar refractivity (Wildman–Crippen MR) is 41.8 cm³/mol. The Kier molecular flexibility index (Phi) is 1.84. The van der Waals surface area contributed by atoms with Gasteiger partial charge < -0.3 is 0 Å². The van der Waals surface area contributed by atoms with Crippen LogP contribution in [-0.2, 0) is 4.79 Å². The number of hydrogen-bond donors (Lipinski definition) is 0. The fourth-order valence-corrected chi connectivity index (χ4v) is 1.66. The van der Waals surface area contributed by atoms with Gasteiger partial charge in [0.15, 0.2) is 0 Å². The Labute approximate surface area is 62.8 Å². The largest absolute Gasteiger partial charge is 0.299 e. The van der Waals surface area contributed by atoms with Gasteiger partial charge in [-0.3, -0.25) is 4.79 Å². The van der Waals surface area contributed by atoms with Gasteiger partial charge in [0.2, 0.25) is 0 Å². The van der Waals surface area contributed by atoms with Gasteiger partial charge >= 0.3 is 0 Å². The Morgan fingerprint density at radius 3 is 2.10 bits per heavy atom. The first-order chi connectivity index (χ1) is 4.63. The number of carbonyl (C=O) groups is 1. The molecular weight excluding hydrogens is 124 g/mol. The van der Waals surface area contributed by atoms with Gasteiger partial charge in [0.05, 0.1) is 0 Å². The van der Waals surface area contributed by atoms with Crippen LogP contribution in [0.5, 0.6) is 0 Å². The lowest BCUT2D eigenvalue weighted by Gasteiger charge is -2.16. The maximum absolute atomic E-state index is 11.3. The van der Waals surface area contributed by atoms with E-state index in [4.69, 9.17) is 0 Å². The van der Waals surface area contributed by atoms with Gasteiger partial charge in [-0.2, -0.15) is 0 Å². The third kappa shape index (κ3) is 0.979. The summed E-state index contributed by atoms with van der Waals surface area (Å²) in [4.78, 5) is 11.3. The van der Waals surface area contributed by atoms with Crippen LogP contribution in [0, 0.1) is 11.3 Å². The van der Waals surface area contributed by atoms with Crippen molar-refractivity contribution in [3.8, 4) is 0 Å². The third-order valence-corrected chi connectivity index (χ3v) is 2.77. The fraction of sp³-hybridized carbons (Fsp3) is 0.889. The highest BCUT2D eigenvalue weighted by Crippen LogP contribution is 2.53. The standard InChI is InChI=1S/C9H16O/c1-4-8(10)9(5-6-9)7(2)3/h7H,4-6H2,1-3H3. The van der Waals surface area contributed by atoms with Crippen molar-refractivity contribution in [2.24, 2.45) is 11.3 Å². The average molecular weight is 140 g/mol. The van der Waals surface area contributed by atoms with Crippen LogP contribution in [0.1, 0.15) is 40.0 Å². The van der Waals surface area contributed by atoms with Crippen LogP contribution >= 0.6 is 0 Å². The molecule has 0 aromatic heterocycles. The minimum Gasteiger partial charge on any atom is -0.299 e. The van der Waals surface area contributed by atoms with E-state index in [9.17, 15) is 4.79 Å². The minimum atomic E-state index is 0.120. The lowest BCUT2D eigenvalue weighted by molar-refractivity contribution is -0.125. The van der Waals surface area contributed by atoms with E-state index in [1.54, 1.807) is 0 Å². The summed E-state index contributed by atoms with van der Waals surface area (Å²) in [6, 6.07) is 0. The van der Waals surface area contributed by atoms with Crippen LogP contribution in [0.15, 0.2) is 0 Å². The number of hydrogen-bond acceptors (Lipinski definition) is 1. The SMILES string of the molecule is CCC(=O)C1(C(C)C)CC1. The molecule has 0 aliphatic heterocycles. The third-order valence-electron chi connectivity index (χ3n) is 2.77. The lowest BCUT2D eigenvalue weighted by Crippen LogP contribution is -2.20. The topological polar surface area (TPSA) is 17.1 Å². The first kappa shape index (κ1) is 7.77. The summed E-state index contributed by atoms with van der Waals surface area (Å²) in [7, 11) is 0. The van der Waals surface area contributed by atoms with Gasteiger partial charge in [0.1, 0.15) is 5.78 Å². The van der Waals surface area contributed by atoms with E-state index in [2.05, 4.69) is 13.8 Å². The van der Waals surface area contributed by atoms with Crippen LogP contribution in [0.3, 0.4) is 0 Å². The van der Waals surface area contributed by atoms with Crippen LogP contribution in [0.2, 0.25) is 0 Å². The minimum absolute atomic E-state index is 0.120. The zero-order valence-corrected chi connectivity index (χ0v) is 7.11. The molecule has 0 heterocycles. The molecule has 1 heteroatoms. The van der Waals surface area contributed by atoms with E-state index in [1.807, 2.05) is 6.92 Å². The fourth-order valence-electron chi connectivity index (χ4n) is 1.66. The van der Waals surface area contributed by atoms with E-state index in [-0.39, 0.29) is 5.41 Å². The van der Waals surface area contributed by atoms with Crippen molar-refractivity contribution < 1.29 is 4.79 Å². The molecule has 1 nitrogen and oxygen atoms in total. The van der Waals surface area contributed by atoms with Crippen molar-refractivity contribution in [1.29, 1.82) is 0 Å². The van der Waals surface area contributed by atoms with Crippen LogP contribution in [0.25, 0.3) is 0 Å². The first-order valence-electron chi connectivity index (χ1n) is 4.17. The Hall–Kier alpha value is -0.330. The van der Waals surface area contributed by atoms with Gasteiger partial charge in [-0.15, -0.1) is 0 Å². The summed E-state index contributed by atoms with van der Waals surface area (Å²) < 4.78 is 0. The molecule has 0 saturated heterocycles. The number of rotatable bonds is 3. The molecule has 0 radical (unpaired) electrons. The van der Waals surface area contributed by atoms with Crippen LogP contribution in [-0.4, -0.2) is 5.78 Å². The molecule has 1 fully saturated rings. The molecule has 0 spiro atoms. The summed E-state index contributed by atoms with van der Waals surface area (Å²) in [5.41, 5.74) is 0.120. The molecule has 1 aliphatic carbocycles. The monoisotopic (exact) mass is 140 g/mol. The van der Waals surface area contributed by atoms with Gasteiger partial charge in [-0.1, -0.05) is 20.8 Å². The number of Topliss-reactive ketones (excluding diaryl/α,β-unsaturated/α-hetero) is 1. The Balaban J connectivity index is 2.60. The van der Waals surface area contributed by atoms with Crippen molar-refractivity contribution in [2.45, 2.75) is 40.0 Å². The Morgan fingerprint density at radius 1 is 1.50 bits per heavy atom. The van der Waals surface area contributed by atoms with Gasteiger partial charge in [-0.25, -0.2) is 0 Å². The van der Waals surface area contributed by atoms with E-state index in [0.29, 0.717) is 11.7 Å². The summed E-state index contributed by atoms with van der Waals surface area (Å²) >= 11 is 0. The molecule has 0 amide bonds. The predicted octanol–water partition coefficient (Wildman–Crippen LogP) is 2.40. The van der Waals surface area contributed by atoms with Crippen molar-refractivity contribution >= 4 is 5.78 Å². The quantitative estimate of drug-likeness (QED) is 0.588. The van der Waals surface area contributed by atoms with Crippen molar-refractivity contribution in [2.75, 3.05) is 0 Å². The molecular formula is C9H16O. The maximum Gasteiger partial charge on any atom is 0.139 e. The first-order valence-corrected chi connectivity index (χ1v) is 4.17. The summed E-state index contributed by atoms with van der Waals surface area (Å²) in [5.74, 6) is 1.03. The second-order valence-electron chi connectivity index (χ2n) is 3.59. The summed E-state index contributed by atoms with van der Waals surface area (Å²) in [6.07, 6.45) is 2.99. The van der Waals surface area contributed by atoms with Gasteiger partial charge in [0.25, 0.3) is 0 Å². The zero-order chi connectivity index (χ0) is 7.78. The van der Waals surface area contributed by atoms with E-state index in [1.165, 1.54) is 0 Å².